The minimum atomic E-state index is -0.172. The van der Waals surface area contributed by atoms with Crippen LogP contribution in [0.3, 0.4) is 0 Å². The van der Waals surface area contributed by atoms with Crippen molar-refractivity contribution in [1.29, 1.82) is 0 Å². The van der Waals surface area contributed by atoms with Crippen LogP contribution in [-0.4, -0.2) is 37.0 Å². The Morgan fingerprint density at radius 2 is 1.95 bits per heavy atom. The SMILES string of the molecule is CCC1(C(=O)N2CCCC(C(=O)OC)C2)CCCC1. The third-order valence-electron chi connectivity index (χ3n) is 4.93. The first-order valence-corrected chi connectivity index (χ1v) is 7.50. The van der Waals surface area contributed by atoms with Gasteiger partial charge in [0.15, 0.2) is 0 Å². The lowest BCUT2D eigenvalue weighted by atomic mass is 9.81. The van der Waals surface area contributed by atoms with Crippen molar-refractivity contribution < 1.29 is 14.3 Å². The molecule has 4 heteroatoms. The van der Waals surface area contributed by atoms with Crippen molar-refractivity contribution in [2.75, 3.05) is 20.2 Å². The van der Waals surface area contributed by atoms with Crippen molar-refractivity contribution in [3.8, 4) is 0 Å². The van der Waals surface area contributed by atoms with Gasteiger partial charge in [-0.05, 0) is 32.1 Å². The smallest absolute Gasteiger partial charge is 0.310 e. The summed E-state index contributed by atoms with van der Waals surface area (Å²) in [7, 11) is 1.42. The molecule has 2 rings (SSSR count). The van der Waals surface area contributed by atoms with Crippen molar-refractivity contribution >= 4 is 11.9 Å². The summed E-state index contributed by atoms with van der Waals surface area (Å²) < 4.78 is 4.82. The Hall–Kier alpha value is -1.06. The van der Waals surface area contributed by atoms with Gasteiger partial charge in [0.05, 0.1) is 13.0 Å². The minimum absolute atomic E-state index is 0.127. The molecule has 0 aromatic rings. The highest BCUT2D eigenvalue weighted by Crippen LogP contribution is 2.43. The highest BCUT2D eigenvalue weighted by atomic mass is 16.5. The van der Waals surface area contributed by atoms with Crippen molar-refractivity contribution in [2.45, 2.75) is 51.9 Å². The molecular formula is C15H25NO3. The van der Waals surface area contributed by atoms with Gasteiger partial charge in [0.2, 0.25) is 5.91 Å². The second kappa shape index (κ2) is 5.93. The van der Waals surface area contributed by atoms with Crippen LogP contribution in [0.15, 0.2) is 0 Å². The third kappa shape index (κ3) is 2.77. The summed E-state index contributed by atoms with van der Waals surface area (Å²) in [5.41, 5.74) is -0.141. The van der Waals surface area contributed by atoms with Gasteiger partial charge in [0, 0.05) is 18.5 Å². The Kier molecular flexibility index (Phi) is 4.48. The molecular weight excluding hydrogens is 242 g/mol. The van der Waals surface area contributed by atoms with Gasteiger partial charge in [0.25, 0.3) is 0 Å². The van der Waals surface area contributed by atoms with Gasteiger partial charge < -0.3 is 9.64 Å². The molecule has 4 nitrogen and oxygen atoms in total. The van der Waals surface area contributed by atoms with E-state index in [2.05, 4.69) is 6.92 Å². The second-order valence-corrected chi connectivity index (χ2v) is 5.95. The lowest BCUT2D eigenvalue weighted by Gasteiger charge is -2.38. The van der Waals surface area contributed by atoms with Gasteiger partial charge in [-0.15, -0.1) is 0 Å². The normalized spacial score (nSPS) is 26.2. The lowest BCUT2D eigenvalue weighted by Crippen LogP contribution is -2.48. The van der Waals surface area contributed by atoms with Crippen LogP contribution >= 0.6 is 0 Å². The number of amides is 1. The number of hydrogen-bond donors (Lipinski definition) is 0. The number of rotatable bonds is 3. The predicted octanol–water partition coefficient (Wildman–Crippen LogP) is 2.37. The first-order valence-electron chi connectivity index (χ1n) is 7.50. The van der Waals surface area contributed by atoms with Crippen molar-refractivity contribution in [3.05, 3.63) is 0 Å². The topological polar surface area (TPSA) is 46.6 Å². The van der Waals surface area contributed by atoms with Crippen LogP contribution in [0.2, 0.25) is 0 Å². The zero-order chi connectivity index (χ0) is 13.9. The van der Waals surface area contributed by atoms with Crippen LogP contribution in [0.1, 0.15) is 51.9 Å². The molecule has 1 saturated carbocycles. The third-order valence-corrected chi connectivity index (χ3v) is 4.93. The number of hydrogen-bond acceptors (Lipinski definition) is 3. The van der Waals surface area contributed by atoms with Crippen LogP contribution < -0.4 is 0 Å². The predicted molar refractivity (Wildman–Crippen MR) is 72.5 cm³/mol. The maximum atomic E-state index is 12.8. The fourth-order valence-electron chi connectivity index (χ4n) is 3.63. The largest absolute Gasteiger partial charge is 0.469 e. The number of piperidine rings is 1. The summed E-state index contributed by atoms with van der Waals surface area (Å²) in [5, 5.41) is 0. The zero-order valence-electron chi connectivity index (χ0n) is 12.1. The van der Waals surface area contributed by atoms with E-state index in [0.717, 1.165) is 51.5 Å². The van der Waals surface area contributed by atoms with E-state index in [9.17, 15) is 9.59 Å². The Morgan fingerprint density at radius 3 is 2.53 bits per heavy atom. The Labute approximate surface area is 115 Å². The maximum absolute atomic E-state index is 12.8. The molecule has 1 atom stereocenters. The fourth-order valence-corrected chi connectivity index (χ4v) is 3.63. The first kappa shape index (κ1) is 14.4. The van der Waals surface area contributed by atoms with E-state index >= 15 is 0 Å². The highest BCUT2D eigenvalue weighted by Gasteiger charge is 2.43. The Bertz CT molecular complexity index is 347. The molecule has 1 saturated heterocycles. The van der Waals surface area contributed by atoms with E-state index in [1.54, 1.807) is 0 Å². The molecule has 2 aliphatic rings. The maximum Gasteiger partial charge on any atom is 0.310 e. The van der Waals surface area contributed by atoms with Gasteiger partial charge in [-0.3, -0.25) is 9.59 Å². The van der Waals surface area contributed by atoms with Crippen molar-refractivity contribution in [3.63, 3.8) is 0 Å². The molecule has 0 aromatic carbocycles. The van der Waals surface area contributed by atoms with E-state index in [0.29, 0.717) is 6.54 Å². The molecule has 2 fully saturated rings. The fraction of sp³-hybridized carbons (Fsp3) is 0.867. The van der Waals surface area contributed by atoms with E-state index in [1.807, 2.05) is 4.90 Å². The molecule has 1 heterocycles. The van der Waals surface area contributed by atoms with Crippen LogP contribution in [0.5, 0.6) is 0 Å². The minimum Gasteiger partial charge on any atom is -0.469 e. The van der Waals surface area contributed by atoms with Crippen molar-refractivity contribution in [1.82, 2.24) is 4.90 Å². The van der Waals surface area contributed by atoms with E-state index < -0.39 is 0 Å². The van der Waals surface area contributed by atoms with Crippen LogP contribution in [0, 0.1) is 11.3 Å². The summed E-state index contributed by atoms with van der Waals surface area (Å²) in [5.74, 6) is -0.0198. The van der Waals surface area contributed by atoms with Gasteiger partial charge in [-0.2, -0.15) is 0 Å². The van der Waals surface area contributed by atoms with Gasteiger partial charge in [-0.25, -0.2) is 0 Å². The Morgan fingerprint density at radius 1 is 1.26 bits per heavy atom. The number of methoxy groups -OCH3 is 1. The van der Waals surface area contributed by atoms with E-state index in [4.69, 9.17) is 4.74 Å². The molecule has 0 spiro atoms. The summed E-state index contributed by atoms with van der Waals surface area (Å²) in [4.78, 5) is 26.3. The summed E-state index contributed by atoms with van der Waals surface area (Å²) >= 11 is 0. The number of esters is 1. The Balaban J connectivity index is 2.04. The molecule has 108 valence electrons. The quantitative estimate of drug-likeness (QED) is 0.737. The standard InChI is InChI=1S/C15H25NO3/c1-3-15(8-4-5-9-15)14(18)16-10-6-7-12(11-16)13(17)19-2/h12H,3-11H2,1-2H3. The first-order chi connectivity index (χ1) is 9.13. The van der Waals surface area contributed by atoms with Crippen LogP contribution in [0.25, 0.3) is 0 Å². The molecule has 0 aromatic heterocycles. The lowest BCUT2D eigenvalue weighted by molar-refractivity contribution is -0.151. The van der Waals surface area contributed by atoms with Gasteiger partial charge >= 0.3 is 5.97 Å². The molecule has 1 aliphatic heterocycles. The number of likely N-dealkylation sites (tertiary alicyclic amines) is 1. The molecule has 0 bridgehead atoms. The van der Waals surface area contributed by atoms with E-state index in [-0.39, 0.29) is 23.2 Å². The van der Waals surface area contributed by atoms with Gasteiger partial charge in [0.1, 0.15) is 0 Å². The van der Waals surface area contributed by atoms with Crippen LogP contribution in [0.4, 0.5) is 0 Å². The molecule has 0 radical (unpaired) electrons. The van der Waals surface area contributed by atoms with E-state index in [1.165, 1.54) is 7.11 Å². The molecule has 1 amide bonds. The summed E-state index contributed by atoms with van der Waals surface area (Å²) in [6.07, 6.45) is 7.03. The number of nitrogens with zero attached hydrogens (tertiary/aromatic N) is 1. The number of carbonyl (C=O) groups excluding carboxylic acids is 2. The highest BCUT2D eigenvalue weighted by molar-refractivity contribution is 5.84. The summed E-state index contributed by atoms with van der Waals surface area (Å²) in [6, 6.07) is 0. The van der Waals surface area contributed by atoms with Gasteiger partial charge in [-0.1, -0.05) is 19.8 Å². The van der Waals surface area contributed by atoms with Crippen LogP contribution in [-0.2, 0) is 14.3 Å². The zero-order valence-corrected chi connectivity index (χ0v) is 12.1. The average molecular weight is 267 g/mol. The molecule has 0 N–H and O–H groups in total. The molecule has 1 unspecified atom stereocenters. The number of ether oxygens (including phenoxy) is 1. The second-order valence-electron chi connectivity index (χ2n) is 5.95. The molecule has 19 heavy (non-hydrogen) atoms. The van der Waals surface area contributed by atoms with Crippen molar-refractivity contribution in [2.24, 2.45) is 11.3 Å². The number of carbonyl (C=O) groups is 2. The summed E-state index contributed by atoms with van der Waals surface area (Å²) in [6.45, 7) is 3.46. The monoisotopic (exact) mass is 267 g/mol. The average Bonchev–Trinajstić information content (AvgIpc) is 2.96. The molecule has 1 aliphatic carbocycles.